The van der Waals surface area contributed by atoms with Crippen molar-refractivity contribution in [1.29, 1.82) is 0 Å². The van der Waals surface area contributed by atoms with E-state index in [9.17, 15) is 0 Å². The lowest BCUT2D eigenvalue weighted by atomic mass is 9.95. The van der Waals surface area contributed by atoms with Crippen LogP contribution in [0.4, 0.5) is 0 Å². The minimum Gasteiger partial charge on any atom is -0.460 e. The second-order valence-corrected chi connectivity index (χ2v) is 6.45. The summed E-state index contributed by atoms with van der Waals surface area (Å²) in [6, 6.07) is 9.99. The Kier molecular flexibility index (Phi) is 6.64. The van der Waals surface area contributed by atoms with Gasteiger partial charge in [0.15, 0.2) is 0 Å². The van der Waals surface area contributed by atoms with Crippen LogP contribution in [-0.4, -0.2) is 6.04 Å². The molecule has 0 saturated heterocycles. The van der Waals surface area contributed by atoms with Crippen LogP contribution in [0.3, 0.4) is 0 Å². The van der Waals surface area contributed by atoms with Crippen molar-refractivity contribution in [2.45, 2.75) is 44.7 Å². The average Bonchev–Trinajstić information content (AvgIpc) is 2.97. The number of furan rings is 1. The van der Waals surface area contributed by atoms with Gasteiger partial charge in [0, 0.05) is 16.6 Å². The highest BCUT2D eigenvalue weighted by atomic mass is 35.5. The van der Waals surface area contributed by atoms with Gasteiger partial charge in [-0.05, 0) is 43.2 Å². The van der Waals surface area contributed by atoms with Gasteiger partial charge in [0.2, 0.25) is 0 Å². The third kappa shape index (κ3) is 4.42. The molecule has 22 heavy (non-hydrogen) atoms. The molecule has 1 aromatic heterocycles. The summed E-state index contributed by atoms with van der Waals surface area (Å²) in [5.41, 5.74) is 0.841. The van der Waals surface area contributed by atoms with Crippen molar-refractivity contribution in [2.75, 3.05) is 0 Å². The maximum atomic E-state index is 6.20. The maximum Gasteiger partial charge on any atom is 0.135 e. The molecule has 0 amide bonds. The molecular formula is C17H20Cl3NO. The molecule has 1 heterocycles. The van der Waals surface area contributed by atoms with Gasteiger partial charge in [-0.2, -0.15) is 0 Å². The van der Waals surface area contributed by atoms with E-state index in [0.717, 1.165) is 23.6 Å². The quantitative estimate of drug-likeness (QED) is 0.713. The fourth-order valence-electron chi connectivity index (χ4n) is 2.86. The standard InChI is InChI=1S/C17H19Cl2NO.ClH/c18-12-6-8-16(19)15(10-12)17-9-7-14(21-17)11-20-13-4-2-1-3-5-13;/h6-10,13,20H,1-5,11H2;1H. The van der Waals surface area contributed by atoms with Crippen molar-refractivity contribution in [3.8, 4) is 11.3 Å². The maximum absolute atomic E-state index is 6.20. The van der Waals surface area contributed by atoms with Crippen molar-refractivity contribution in [3.05, 3.63) is 46.1 Å². The summed E-state index contributed by atoms with van der Waals surface area (Å²) in [5, 5.41) is 4.89. The largest absolute Gasteiger partial charge is 0.460 e. The molecule has 3 rings (SSSR count). The lowest BCUT2D eigenvalue weighted by Gasteiger charge is -2.22. The summed E-state index contributed by atoms with van der Waals surface area (Å²) in [5.74, 6) is 1.70. The van der Waals surface area contributed by atoms with Gasteiger partial charge in [0.25, 0.3) is 0 Å². The molecular weight excluding hydrogens is 341 g/mol. The molecule has 2 aromatic rings. The molecule has 0 spiro atoms. The molecule has 0 bridgehead atoms. The molecule has 0 aliphatic heterocycles. The Morgan fingerprint density at radius 2 is 1.82 bits per heavy atom. The summed E-state index contributed by atoms with van der Waals surface area (Å²) in [7, 11) is 0. The highest BCUT2D eigenvalue weighted by molar-refractivity contribution is 6.35. The summed E-state index contributed by atoms with van der Waals surface area (Å²) in [6.07, 6.45) is 6.58. The molecule has 1 aliphatic rings. The predicted octanol–water partition coefficient (Wildman–Crippen LogP) is 6.10. The van der Waals surface area contributed by atoms with Gasteiger partial charge in [0.05, 0.1) is 11.6 Å². The second-order valence-electron chi connectivity index (χ2n) is 5.61. The molecule has 0 radical (unpaired) electrons. The Hall–Kier alpha value is -0.670. The van der Waals surface area contributed by atoms with E-state index in [1.807, 2.05) is 18.2 Å². The molecule has 1 saturated carbocycles. The molecule has 1 fully saturated rings. The second kappa shape index (κ2) is 8.26. The van der Waals surface area contributed by atoms with Gasteiger partial charge in [-0.3, -0.25) is 0 Å². The first-order valence-corrected chi connectivity index (χ1v) is 8.25. The van der Waals surface area contributed by atoms with Crippen LogP contribution in [0.15, 0.2) is 34.7 Å². The Labute approximate surface area is 147 Å². The van der Waals surface area contributed by atoms with Gasteiger partial charge < -0.3 is 9.73 Å². The van der Waals surface area contributed by atoms with Crippen LogP contribution in [-0.2, 0) is 6.54 Å². The minimum absolute atomic E-state index is 0. The van der Waals surface area contributed by atoms with Crippen molar-refractivity contribution in [2.24, 2.45) is 0 Å². The number of benzene rings is 1. The SMILES string of the molecule is Cl.Clc1ccc(Cl)c(-c2ccc(CNC3CCCCC3)o2)c1. The van der Waals surface area contributed by atoms with Crippen molar-refractivity contribution < 1.29 is 4.42 Å². The molecule has 1 aliphatic carbocycles. The van der Waals surface area contributed by atoms with Crippen LogP contribution in [0.25, 0.3) is 11.3 Å². The molecule has 1 aromatic carbocycles. The Balaban J connectivity index is 0.00000176. The average molecular weight is 361 g/mol. The molecule has 2 nitrogen and oxygen atoms in total. The van der Waals surface area contributed by atoms with Gasteiger partial charge in [-0.25, -0.2) is 0 Å². The van der Waals surface area contributed by atoms with Gasteiger partial charge in [-0.15, -0.1) is 12.4 Å². The van der Waals surface area contributed by atoms with E-state index in [1.54, 1.807) is 12.1 Å². The van der Waals surface area contributed by atoms with Gasteiger partial charge in [0.1, 0.15) is 11.5 Å². The fraction of sp³-hybridized carbons (Fsp3) is 0.412. The summed E-state index contributed by atoms with van der Waals surface area (Å²) in [4.78, 5) is 0. The van der Waals surface area contributed by atoms with Gasteiger partial charge in [-0.1, -0.05) is 42.5 Å². The normalized spacial score (nSPS) is 15.5. The highest BCUT2D eigenvalue weighted by Gasteiger charge is 2.14. The molecule has 0 unspecified atom stereocenters. The van der Waals surface area contributed by atoms with Crippen LogP contribution < -0.4 is 5.32 Å². The Bertz CT molecular complexity index is 606. The topological polar surface area (TPSA) is 25.2 Å². The summed E-state index contributed by atoms with van der Waals surface area (Å²) in [6.45, 7) is 0.767. The zero-order valence-corrected chi connectivity index (χ0v) is 14.6. The van der Waals surface area contributed by atoms with Crippen molar-refractivity contribution in [3.63, 3.8) is 0 Å². The van der Waals surface area contributed by atoms with Gasteiger partial charge >= 0.3 is 0 Å². The molecule has 0 atom stereocenters. The van der Waals surface area contributed by atoms with E-state index in [2.05, 4.69) is 5.32 Å². The zero-order chi connectivity index (χ0) is 14.7. The first-order chi connectivity index (χ1) is 10.2. The number of nitrogens with one attached hydrogen (secondary N) is 1. The smallest absolute Gasteiger partial charge is 0.135 e. The number of hydrogen-bond acceptors (Lipinski definition) is 2. The highest BCUT2D eigenvalue weighted by Crippen LogP contribution is 2.31. The fourth-order valence-corrected chi connectivity index (χ4v) is 3.24. The van der Waals surface area contributed by atoms with E-state index in [1.165, 1.54) is 32.1 Å². The summed E-state index contributed by atoms with van der Waals surface area (Å²) >= 11 is 12.2. The molecule has 1 N–H and O–H groups in total. The van der Waals surface area contributed by atoms with Crippen LogP contribution in [0.5, 0.6) is 0 Å². The van der Waals surface area contributed by atoms with E-state index in [0.29, 0.717) is 16.1 Å². The van der Waals surface area contributed by atoms with Crippen LogP contribution in [0.2, 0.25) is 10.0 Å². The molecule has 120 valence electrons. The van der Waals surface area contributed by atoms with E-state index in [-0.39, 0.29) is 12.4 Å². The number of halogens is 3. The molecule has 5 heteroatoms. The minimum atomic E-state index is 0. The third-order valence-corrected chi connectivity index (χ3v) is 4.59. The van der Waals surface area contributed by atoms with Crippen molar-refractivity contribution >= 4 is 35.6 Å². The van der Waals surface area contributed by atoms with Crippen LogP contribution in [0, 0.1) is 0 Å². The zero-order valence-electron chi connectivity index (χ0n) is 12.3. The third-order valence-electron chi connectivity index (χ3n) is 4.03. The Morgan fingerprint density at radius 3 is 2.59 bits per heavy atom. The van der Waals surface area contributed by atoms with Crippen LogP contribution in [0.1, 0.15) is 37.9 Å². The number of rotatable bonds is 4. The predicted molar refractivity (Wildman–Crippen MR) is 95.1 cm³/mol. The first-order valence-electron chi connectivity index (χ1n) is 7.50. The summed E-state index contributed by atoms with van der Waals surface area (Å²) < 4.78 is 5.89. The van der Waals surface area contributed by atoms with Crippen LogP contribution >= 0.6 is 35.6 Å². The lowest BCUT2D eigenvalue weighted by Crippen LogP contribution is -2.30. The van der Waals surface area contributed by atoms with Crippen molar-refractivity contribution in [1.82, 2.24) is 5.32 Å². The Morgan fingerprint density at radius 1 is 1.05 bits per heavy atom. The first kappa shape index (κ1) is 17.7. The number of hydrogen-bond donors (Lipinski definition) is 1. The van der Waals surface area contributed by atoms with E-state index >= 15 is 0 Å². The van der Waals surface area contributed by atoms with E-state index < -0.39 is 0 Å². The van der Waals surface area contributed by atoms with E-state index in [4.69, 9.17) is 27.6 Å². The monoisotopic (exact) mass is 359 g/mol. The lowest BCUT2D eigenvalue weighted by molar-refractivity contribution is 0.358.